The van der Waals surface area contributed by atoms with E-state index in [0.29, 0.717) is 17.3 Å². The Morgan fingerprint density at radius 1 is 0.963 bits per heavy atom. The van der Waals surface area contributed by atoms with Gasteiger partial charge in [-0.2, -0.15) is 0 Å². The zero-order chi connectivity index (χ0) is 18.5. The Labute approximate surface area is 159 Å². The number of pyridine rings is 1. The number of nitrogens with two attached hydrogens (primary N) is 1. The van der Waals surface area contributed by atoms with Gasteiger partial charge in [-0.1, -0.05) is 12.5 Å². The van der Waals surface area contributed by atoms with Gasteiger partial charge in [-0.25, -0.2) is 9.97 Å². The van der Waals surface area contributed by atoms with Crippen molar-refractivity contribution in [2.45, 2.75) is 19.3 Å². The van der Waals surface area contributed by atoms with Crippen molar-refractivity contribution in [1.82, 2.24) is 19.9 Å². The number of rotatable bonds is 6. The predicted molar refractivity (Wildman–Crippen MR) is 110 cm³/mol. The zero-order valence-electron chi connectivity index (χ0n) is 15.4. The molecule has 1 aliphatic rings. The predicted octanol–water partition coefficient (Wildman–Crippen LogP) is 3.25. The smallest absolute Gasteiger partial charge is 0.159 e. The van der Waals surface area contributed by atoms with E-state index >= 15 is 0 Å². The Morgan fingerprint density at radius 3 is 2.70 bits per heavy atom. The van der Waals surface area contributed by atoms with Crippen molar-refractivity contribution in [2.24, 2.45) is 0 Å². The van der Waals surface area contributed by atoms with Gasteiger partial charge in [0.2, 0.25) is 0 Å². The zero-order valence-corrected chi connectivity index (χ0v) is 15.4. The summed E-state index contributed by atoms with van der Waals surface area (Å²) in [6.45, 7) is 4.19. The van der Waals surface area contributed by atoms with Crippen molar-refractivity contribution in [1.29, 1.82) is 0 Å². The van der Waals surface area contributed by atoms with Crippen LogP contribution in [0.2, 0.25) is 0 Å². The standard InChI is InChI=1S/C20H25N7/c21-18-19(23-10-13-27-11-2-1-3-12-27)24-14-25-20(18)26-17-8-4-7-16-15(17)6-5-9-22-16/h4-9,14H,1-3,10-13,21H2,(H2,23,24,25,26). The fraction of sp³-hybridized carbons (Fsp3) is 0.350. The van der Waals surface area contributed by atoms with Gasteiger partial charge < -0.3 is 21.3 Å². The molecule has 7 heteroatoms. The third kappa shape index (κ3) is 4.09. The van der Waals surface area contributed by atoms with Gasteiger partial charge in [-0.15, -0.1) is 0 Å². The van der Waals surface area contributed by atoms with E-state index in [9.17, 15) is 0 Å². The topological polar surface area (TPSA) is 92.0 Å². The van der Waals surface area contributed by atoms with Gasteiger partial charge in [0.25, 0.3) is 0 Å². The highest BCUT2D eigenvalue weighted by Gasteiger charge is 2.12. The van der Waals surface area contributed by atoms with Crippen LogP contribution in [0.1, 0.15) is 19.3 Å². The summed E-state index contributed by atoms with van der Waals surface area (Å²) in [5.41, 5.74) is 8.69. The van der Waals surface area contributed by atoms with Crippen molar-refractivity contribution >= 4 is 33.9 Å². The average molecular weight is 363 g/mol. The molecule has 140 valence electrons. The number of nitrogens with one attached hydrogen (secondary N) is 2. The van der Waals surface area contributed by atoms with Crippen LogP contribution >= 0.6 is 0 Å². The number of nitrogens with zero attached hydrogens (tertiary/aromatic N) is 4. The molecule has 0 unspecified atom stereocenters. The van der Waals surface area contributed by atoms with Crippen LogP contribution in [0.4, 0.5) is 23.0 Å². The Kier molecular flexibility index (Phi) is 5.29. The molecular formula is C20H25N7. The highest BCUT2D eigenvalue weighted by Crippen LogP contribution is 2.29. The quantitative estimate of drug-likeness (QED) is 0.619. The highest BCUT2D eigenvalue weighted by molar-refractivity contribution is 5.94. The summed E-state index contributed by atoms with van der Waals surface area (Å²) in [7, 11) is 0. The number of nitrogen functional groups attached to an aromatic ring is 1. The second-order valence-electron chi connectivity index (χ2n) is 6.81. The van der Waals surface area contributed by atoms with E-state index in [4.69, 9.17) is 5.73 Å². The third-order valence-electron chi connectivity index (χ3n) is 4.95. The SMILES string of the molecule is Nc1c(NCCN2CCCCC2)ncnc1Nc1cccc2ncccc12. The minimum Gasteiger partial charge on any atom is -0.393 e. The number of aromatic nitrogens is 3. The van der Waals surface area contributed by atoms with Crippen LogP contribution in [-0.4, -0.2) is 46.0 Å². The number of anilines is 4. The molecule has 4 rings (SSSR count). The molecule has 0 radical (unpaired) electrons. The first-order chi connectivity index (χ1) is 13.3. The summed E-state index contributed by atoms with van der Waals surface area (Å²) in [5, 5.41) is 7.71. The first kappa shape index (κ1) is 17.5. The van der Waals surface area contributed by atoms with Crippen molar-refractivity contribution in [3.05, 3.63) is 42.9 Å². The average Bonchev–Trinajstić information content (AvgIpc) is 2.72. The molecule has 0 aliphatic carbocycles. The van der Waals surface area contributed by atoms with E-state index in [0.717, 1.165) is 29.7 Å². The minimum atomic E-state index is 0.525. The fourth-order valence-electron chi connectivity index (χ4n) is 3.49. The van der Waals surface area contributed by atoms with Crippen LogP contribution in [-0.2, 0) is 0 Å². The number of hydrogen-bond acceptors (Lipinski definition) is 7. The van der Waals surface area contributed by atoms with Gasteiger partial charge in [0.05, 0.1) is 5.52 Å². The van der Waals surface area contributed by atoms with E-state index in [-0.39, 0.29) is 0 Å². The first-order valence-electron chi connectivity index (χ1n) is 9.49. The highest BCUT2D eigenvalue weighted by atomic mass is 15.2. The Morgan fingerprint density at radius 2 is 1.81 bits per heavy atom. The molecule has 27 heavy (non-hydrogen) atoms. The summed E-state index contributed by atoms with van der Waals surface area (Å²) in [5.74, 6) is 1.27. The van der Waals surface area contributed by atoms with Gasteiger partial charge in [-0.05, 0) is 50.2 Å². The molecular weight excluding hydrogens is 338 g/mol. The van der Waals surface area contributed by atoms with Gasteiger partial charge >= 0.3 is 0 Å². The summed E-state index contributed by atoms with van der Waals surface area (Å²) in [4.78, 5) is 15.5. The van der Waals surface area contributed by atoms with E-state index in [1.54, 1.807) is 6.20 Å². The van der Waals surface area contributed by atoms with Gasteiger partial charge in [0, 0.05) is 30.4 Å². The third-order valence-corrected chi connectivity index (χ3v) is 4.95. The van der Waals surface area contributed by atoms with Crippen molar-refractivity contribution in [3.63, 3.8) is 0 Å². The van der Waals surface area contributed by atoms with E-state index in [1.807, 2.05) is 30.3 Å². The summed E-state index contributed by atoms with van der Waals surface area (Å²) in [6.07, 6.45) is 7.26. The lowest BCUT2D eigenvalue weighted by Gasteiger charge is -2.26. The number of fused-ring (bicyclic) bond motifs is 1. The molecule has 1 fully saturated rings. The molecule has 0 saturated carbocycles. The number of hydrogen-bond donors (Lipinski definition) is 3. The maximum Gasteiger partial charge on any atom is 0.159 e. The fourth-order valence-corrected chi connectivity index (χ4v) is 3.49. The lowest BCUT2D eigenvalue weighted by Crippen LogP contribution is -2.33. The molecule has 0 bridgehead atoms. The van der Waals surface area contributed by atoms with Crippen LogP contribution in [0.5, 0.6) is 0 Å². The van der Waals surface area contributed by atoms with E-state index in [1.165, 1.54) is 38.7 Å². The second-order valence-corrected chi connectivity index (χ2v) is 6.81. The first-order valence-corrected chi connectivity index (χ1v) is 9.49. The van der Waals surface area contributed by atoms with Crippen LogP contribution in [0.15, 0.2) is 42.9 Å². The summed E-state index contributed by atoms with van der Waals surface area (Å²) in [6, 6.07) is 9.89. The maximum absolute atomic E-state index is 6.32. The number of piperidine rings is 1. The molecule has 7 nitrogen and oxygen atoms in total. The summed E-state index contributed by atoms with van der Waals surface area (Å²) >= 11 is 0. The molecule has 1 aromatic carbocycles. The maximum atomic E-state index is 6.32. The van der Waals surface area contributed by atoms with Crippen LogP contribution < -0.4 is 16.4 Å². The van der Waals surface area contributed by atoms with Crippen molar-refractivity contribution in [2.75, 3.05) is 42.5 Å². The monoisotopic (exact) mass is 363 g/mol. The normalized spacial score (nSPS) is 15.0. The lowest BCUT2D eigenvalue weighted by molar-refractivity contribution is 0.237. The summed E-state index contributed by atoms with van der Waals surface area (Å²) < 4.78 is 0. The molecule has 1 aliphatic heterocycles. The molecule has 0 amide bonds. The molecule has 3 aromatic rings. The van der Waals surface area contributed by atoms with Crippen molar-refractivity contribution in [3.8, 4) is 0 Å². The van der Waals surface area contributed by atoms with E-state index < -0.39 is 0 Å². The number of likely N-dealkylation sites (tertiary alicyclic amines) is 1. The van der Waals surface area contributed by atoms with Crippen molar-refractivity contribution < 1.29 is 0 Å². The molecule has 0 spiro atoms. The van der Waals surface area contributed by atoms with Gasteiger partial charge in [0.15, 0.2) is 11.6 Å². The Hall–Kier alpha value is -2.93. The van der Waals surface area contributed by atoms with Crippen LogP contribution in [0, 0.1) is 0 Å². The molecule has 0 atom stereocenters. The van der Waals surface area contributed by atoms with Gasteiger partial charge in [-0.3, -0.25) is 4.98 Å². The Bertz CT molecular complexity index is 900. The molecule has 4 N–H and O–H groups in total. The lowest BCUT2D eigenvalue weighted by atomic mass is 10.1. The van der Waals surface area contributed by atoms with E-state index in [2.05, 4.69) is 30.5 Å². The van der Waals surface area contributed by atoms with Gasteiger partial charge in [0.1, 0.15) is 12.0 Å². The Balaban J connectivity index is 1.46. The molecule has 2 aromatic heterocycles. The van der Waals surface area contributed by atoms with Crippen LogP contribution in [0.3, 0.4) is 0 Å². The van der Waals surface area contributed by atoms with Crippen LogP contribution in [0.25, 0.3) is 10.9 Å². The second kappa shape index (κ2) is 8.18. The largest absolute Gasteiger partial charge is 0.393 e. The molecule has 3 heterocycles. The molecule has 1 saturated heterocycles. The number of benzene rings is 1. The minimum absolute atomic E-state index is 0.525.